The van der Waals surface area contributed by atoms with Crippen molar-refractivity contribution in [3.05, 3.63) is 53.2 Å². The summed E-state index contributed by atoms with van der Waals surface area (Å²) in [6.45, 7) is 6.57. The van der Waals surface area contributed by atoms with Gasteiger partial charge in [-0.25, -0.2) is 4.79 Å². The summed E-state index contributed by atoms with van der Waals surface area (Å²) in [6, 6.07) is 12.0. The number of esters is 1. The Morgan fingerprint density at radius 1 is 1.14 bits per heavy atom. The van der Waals surface area contributed by atoms with Crippen LogP contribution in [0.15, 0.2) is 36.4 Å². The maximum atomic E-state index is 11.7. The smallest absolute Gasteiger partial charge is 0.339 e. The third-order valence-electron chi connectivity index (χ3n) is 3.55. The van der Waals surface area contributed by atoms with Gasteiger partial charge in [0.2, 0.25) is 0 Å². The molecule has 0 aliphatic heterocycles. The highest BCUT2D eigenvalue weighted by Gasteiger charge is 2.15. The first-order valence-corrected chi connectivity index (χ1v) is 8.24. The number of ether oxygens (including phenoxy) is 1. The van der Waals surface area contributed by atoms with Crippen LogP contribution in [0.5, 0.6) is 0 Å². The van der Waals surface area contributed by atoms with E-state index in [4.69, 9.17) is 4.74 Å². The van der Waals surface area contributed by atoms with Gasteiger partial charge in [-0.1, -0.05) is 61.0 Å². The monoisotopic (exact) mass is 361 g/mol. The minimum Gasteiger partial charge on any atom is -0.465 e. The first-order chi connectivity index (χ1) is 10.4. The predicted octanol–water partition coefficient (Wildman–Crippen LogP) is 4.73. The van der Waals surface area contributed by atoms with E-state index in [1.54, 1.807) is 6.07 Å². The number of hydrogen-bond donors (Lipinski definition) is 0. The van der Waals surface area contributed by atoms with Crippen LogP contribution in [-0.2, 0) is 15.5 Å². The third kappa shape index (κ3) is 3.55. The van der Waals surface area contributed by atoms with Crippen molar-refractivity contribution < 1.29 is 9.53 Å². The molecule has 0 saturated carbocycles. The number of benzene rings is 1. The van der Waals surface area contributed by atoms with Crippen LogP contribution in [-0.4, -0.2) is 18.1 Å². The minimum absolute atomic E-state index is 0.127. The summed E-state index contributed by atoms with van der Waals surface area (Å²) in [5, 5.41) is 0.505. The van der Waals surface area contributed by atoms with Gasteiger partial charge in [-0.15, -0.1) is 0 Å². The molecule has 116 valence electrons. The molecule has 0 radical (unpaired) electrons. The van der Waals surface area contributed by atoms with E-state index in [1.165, 1.54) is 12.7 Å². The molecule has 22 heavy (non-hydrogen) atoms. The van der Waals surface area contributed by atoms with Gasteiger partial charge in [0.25, 0.3) is 0 Å². The Hall–Kier alpha value is -1.68. The van der Waals surface area contributed by atoms with Gasteiger partial charge in [0.15, 0.2) is 0 Å². The number of alkyl halides is 1. The molecule has 0 N–H and O–H groups in total. The van der Waals surface area contributed by atoms with Crippen LogP contribution in [0, 0.1) is 0 Å². The molecule has 1 aromatic carbocycles. The molecule has 0 fully saturated rings. The first-order valence-electron chi connectivity index (χ1n) is 7.12. The number of nitrogens with zero attached hydrogens (tertiary/aromatic N) is 1. The van der Waals surface area contributed by atoms with Crippen molar-refractivity contribution in [3.63, 3.8) is 0 Å². The number of carbonyl (C=O) groups excluding carboxylic acids is 1. The fraction of sp³-hybridized carbons (Fsp3) is 0.333. The average molecular weight is 362 g/mol. The number of halogens is 1. The van der Waals surface area contributed by atoms with Gasteiger partial charge in [0, 0.05) is 10.9 Å². The van der Waals surface area contributed by atoms with Gasteiger partial charge >= 0.3 is 5.97 Å². The highest BCUT2D eigenvalue weighted by molar-refractivity contribution is 9.08. The van der Waals surface area contributed by atoms with Crippen LogP contribution in [0.2, 0.25) is 0 Å². The van der Waals surface area contributed by atoms with Gasteiger partial charge in [0.05, 0.1) is 24.1 Å². The standard InChI is InChI=1S/C18H20BrNO2/c1-18(2,3)13-7-5-12(6-8-13)15-10-9-14(17(21)22-4)16(11-19)20-15/h5-10H,11H2,1-4H3. The van der Waals surface area contributed by atoms with Crippen molar-refractivity contribution in [2.24, 2.45) is 0 Å². The molecule has 0 aliphatic rings. The molecular weight excluding hydrogens is 342 g/mol. The Balaban J connectivity index is 2.39. The first kappa shape index (κ1) is 16.7. The van der Waals surface area contributed by atoms with Crippen LogP contribution in [0.1, 0.15) is 42.4 Å². The molecule has 2 rings (SSSR count). The third-order valence-corrected chi connectivity index (χ3v) is 4.08. The zero-order valence-electron chi connectivity index (χ0n) is 13.3. The number of rotatable bonds is 3. The molecule has 4 heteroatoms. The molecule has 0 amide bonds. The predicted molar refractivity (Wildman–Crippen MR) is 92.3 cm³/mol. The molecule has 1 heterocycles. The molecular formula is C18H20BrNO2. The van der Waals surface area contributed by atoms with Crippen molar-refractivity contribution in [2.45, 2.75) is 31.5 Å². The van der Waals surface area contributed by atoms with Crippen LogP contribution in [0.3, 0.4) is 0 Å². The Labute approximate surface area is 139 Å². The Kier molecular flexibility index (Phi) is 5.01. The second-order valence-electron chi connectivity index (χ2n) is 6.14. The molecule has 0 spiro atoms. The zero-order valence-corrected chi connectivity index (χ0v) is 14.9. The van der Waals surface area contributed by atoms with Gasteiger partial charge in [0.1, 0.15) is 0 Å². The summed E-state index contributed by atoms with van der Waals surface area (Å²) < 4.78 is 4.78. The summed E-state index contributed by atoms with van der Waals surface area (Å²) in [5.74, 6) is -0.364. The second kappa shape index (κ2) is 6.61. The van der Waals surface area contributed by atoms with Gasteiger partial charge < -0.3 is 4.74 Å². The van der Waals surface area contributed by atoms with E-state index in [2.05, 4.69) is 66.0 Å². The molecule has 0 atom stereocenters. The van der Waals surface area contributed by atoms with Crippen molar-refractivity contribution in [2.75, 3.05) is 7.11 Å². The summed E-state index contributed by atoms with van der Waals surface area (Å²) in [5.41, 5.74) is 4.47. The summed E-state index contributed by atoms with van der Waals surface area (Å²) in [6.07, 6.45) is 0. The quantitative estimate of drug-likeness (QED) is 0.586. The van der Waals surface area contributed by atoms with E-state index < -0.39 is 0 Å². The number of carbonyl (C=O) groups is 1. The SMILES string of the molecule is COC(=O)c1ccc(-c2ccc(C(C)(C)C)cc2)nc1CBr. The van der Waals surface area contributed by atoms with E-state index in [0.717, 1.165) is 11.3 Å². The highest BCUT2D eigenvalue weighted by Crippen LogP contribution is 2.26. The lowest BCUT2D eigenvalue weighted by Crippen LogP contribution is -2.10. The Morgan fingerprint density at radius 2 is 1.77 bits per heavy atom. The maximum Gasteiger partial charge on any atom is 0.339 e. The Bertz CT molecular complexity index is 672. The molecule has 0 bridgehead atoms. The summed E-state index contributed by atoms with van der Waals surface area (Å²) in [4.78, 5) is 16.3. The van der Waals surface area contributed by atoms with E-state index in [1.807, 2.05) is 6.07 Å². The summed E-state index contributed by atoms with van der Waals surface area (Å²) in [7, 11) is 1.37. The van der Waals surface area contributed by atoms with E-state index in [-0.39, 0.29) is 11.4 Å². The topological polar surface area (TPSA) is 39.2 Å². The Morgan fingerprint density at radius 3 is 2.27 bits per heavy atom. The van der Waals surface area contributed by atoms with Crippen molar-refractivity contribution in [3.8, 4) is 11.3 Å². The maximum absolute atomic E-state index is 11.7. The summed E-state index contributed by atoms with van der Waals surface area (Å²) >= 11 is 3.38. The van der Waals surface area contributed by atoms with Crippen LogP contribution in [0.25, 0.3) is 11.3 Å². The van der Waals surface area contributed by atoms with Gasteiger partial charge in [-0.2, -0.15) is 0 Å². The van der Waals surface area contributed by atoms with Crippen LogP contribution in [0.4, 0.5) is 0 Å². The molecule has 2 aromatic rings. The van der Waals surface area contributed by atoms with E-state index >= 15 is 0 Å². The molecule has 0 aliphatic carbocycles. The van der Waals surface area contributed by atoms with Gasteiger partial charge in [-0.05, 0) is 23.1 Å². The molecule has 3 nitrogen and oxygen atoms in total. The lowest BCUT2D eigenvalue weighted by Gasteiger charge is -2.19. The van der Waals surface area contributed by atoms with Crippen molar-refractivity contribution in [1.82, 2.24) is 4.98 Å². The number of aromatic nitrogens is 1. The van der Waals surface area contributed by atoms with Gasteiger partial charge in [-0.3, -0.25) is 4.98 Å². The second-order valence-corrected chi connectivity index (χ2v) is 6.70. The average Bonchev–Trinajstić information content (AvgIpc) is 2.52. The molecule has 0 unspecified atom stereocenters. The highest BCUT2D eigenvalue weighted by atomic mass is 79.9. The largest absolute Gasteiger partial charge is 0.465 e. The van der Waals surface area contributed by atoms with Crippen LogP contribution < -0.4 is 0 Å². The van der Waals surface area contributed by atoms with Crippen LogP contribution >= 0.6 is 15.9 Å². The van der Waals surface area contributed by atoms with E-state index in [0.29, 0.717) is 16.6 Å². The fourth-order valence-corrected chi connectivity index (χ4v) is 2.63. The zero-order chi connectivity index (χ0) is 16.3. The number of hydrogen-bond acceptors (Lipinski definition) is 3. The molecule has 0 saturated heterocycles. The number of methoxy groups -OCH3 is 1. The molecule has 1 aromatic heterocycles. The van der Waals surface area contributed by atoms with E-state index in [9.17, 15) is 4.79 Å². The normalized spacial score (nSPS) is 11.3. The fourth-order valence-electron chi connectivity index (χ4n) is 2.20. The van der Waals surface area contributed by atoms with Crippen molar-refractivity contribution >= 4 is 21.9 Å². The lowest BCUT2D eigenvalue weighted by atomic mass is 9.86. The lowest BCUT2D eigenvalue weighted by molar-refractivity contribution is 0.0599. The van der Waals surface area contributed by atoms with Crippen molar-refractivity contribution in [1.29, 1.82) is 0 Å². The minimum atomic E-state index is -0.364. The number of pyridine rings is 1.